The summed E-state index contributed by atoms with van der Waals surface area (Å²) in [6.07, 6.45) is 0. The first-order valence-corrected chi connectivity index (χ1v) is 11.1. The fourth-order valence-corrected chi connectivity index (χ4v) is 5.33. The van der Waals surface area contributed by atoms with Crippen molar-refractivity contribution in [2.45, 2.75) is 19.9 Å². The average Bonchev–Trinajstić information content (AvgIpc) is 3.13. The number of fused-ring (bicyclic) bond motifs is 3. The van der Waals surface area contributed by atoms with E-state index in [1.54, 1.807) is 11.3 Å². The highest BCUT2D eigenvalue weighted by molar-refractivity contribution is 7.22. The Bertz CT molecular complexity index is 1270. The molecule has 5 rings (SSSR count). The van der Waals surface area contributed by atoms with Gasteiger partial charge in [0.2, 0.25) is 0 Å². The molecule has 30 heavy (non-hydrogen) atoms. The van der Waals surface area contributed by atoms with E-state index in [1.165, 1.54) is 10.3 Å². The van der Waals surface area contributed by atoms with Gasteiger partial charge in [-0.15, -0.1) is 11.3 Å². The van der Waals surface area contributed by atoms with Gasteiger partial charge in [-0.25, -0.2) is 0 Å². The molecule has 1 amide bonds. The van der Waals surface area contributed by atoms with Gasteiger partial charge >= 0.3 is 0 Å². The van der Waals surface area contributed by atoms with Crippen LogP contribution in [-0.2, 0) is 4.79 Å². The molecule has 4 aromatic rings. The fraction of sp³-hybridized carbons (Fsp3) is 0.154. The molecular formula is C26H22N2OS. The van der Waals surface area contributed by atoms with Crippen molar-refractivity contribution in [1.82, 2.24) is 0 Å². The lowest BCUT2D eigenvalue weighted by Gasteiger charge is -2.21. The molecule has 1 unspecified atom stereocenters. The lowest BCUT2D eigenvalue weighted by atomic mass is 9.99. The van der Waals surface area contributed by atoms with Crippen molar-refractivity contribution < 1.29 is 4.79 Å². The second-order valence-electron chi connectivity index (χ2n) is 7.46. The first-order chi connectivity index (χ1) is 14.7. The van der Waals surface area contributed by atoms with Crippen molar-refractivity contribution in [3.8, 4) is 11.1 Å². The molecule has 1 aromatic heterocycles. The second-order valence-corrected chi connectivity index (χ2v) is 8.51. The molecule has 0 saturated heterocycles. The highest BCUT2D eigenvalue weighted by Gasteiger charge is 2.31. The third-order valence-electron chi connectivity index (χ3n) is 5.56. The Morgan fingerprint density at radius 1 is 0.900 bits per heavy atom. The van der Waals surface area contributed by atoms with Crippen LogP contribution >= 0.6 is 11.3 Å². The molecule has 148 valence electrons. The molecule has 0 N–H and O–H groups in total. The molecule has 3 nitrogen and oxygen atoms in total. The number of benzene rings is 3. The zero-order chi connectivity index (χ0) is 20.7. The Hall–Kier alpha value is -3.24. The maximum atomic E-state index is 13.2. The van der Waals surface area contributed by atoms with E-state index in [9.17, 15) is 4.79 Å². The van der Waals surface area contributed by atoms with Crippen LogP contribution in [0.15, 0.2) is 83.9 Å². The number of thiophene rings is 1. The summed E-state index contributed by atoms with van der Waals surface area (Å²) in [6.45, 7) is 4.55. The molecular weight excluding hydrogens is 388 g/mol. The van der Waals surface area contributed by atoms with Crippen molar-refractivity contribution in [3.63, 3.8) is 0 Å². The summed E-state index contributed by atoms with van der Waals surface area (Å²) in [7, 11) is 0. The standard InChI is InChI=1S/C26H22N2OS/c1-3-28-24-21-14-7-8-15-22(21)30-25(24)23(27-17(2)26(28)29)20-13-9-12-19(16-20)18-10-5-4-6-11-18/h4-17H,3H2,1-2H3. The van der Waals surface area contributed by atoms with E-state index in [-0.39, 0.29) is 5.91 Å². The summed E-state index contributed by atoms with van der Waals surface area (Å²) in [5, 5.41) is 1.12. The van der Waals surface area contributed by atoms with Crippen LogP contribution in [0.25, 0.3) is 21.2 Å². The molecule has 0 spiro atoms. The van der Waals surface area contributed by atoms with Crippen LogP contribution in [0, 0.1) is 0 Å². The Kier molecular flexibility index (Phi) is 4.72. The van der Waals surface area contributed by atoms with Gasteiger partial charge in [0.25, 0.3) is 5.91 Å². The van der Waals surface area contributed by atoms with Gasteiger partial charge in [0.1, 0.15) is 6.04 Å². The van der Waals surface area contributed by atoms with Gasteiger partial charge in [-0.2, -0.15) is 0 Å². The first-order valence-electron chi connectivity index (χ1n) is 10.2. The van der Waals surface area contributed by atoms with Gasteiger partial charge in [0.15, 0.2) is 0 Å². The number of hydrogen-bond acceptors (Lipinski definition) is 3. The maximum absolute atomic E-state index is 13.2. The van der Waals surface area contributed by atoms with Crippen molar-refractivity contribution in [2.75, 3.05) is 11.4 Å². The first kappa shape index (κ1) is 18.8. The lowest BCUT2D eigenvalue weighted by molar-refractivity contribution is -0.119. The smallest absolute Gasteiger partial charge is 0.251 e. The third-order valence-corrected chi connectivity index (χ3v) is 6.73. The molecule has 2 heterocycles. The van der Waals surface area contributed by atoms with Crippen molar-refractivity contribution in [1.29, 1.82) is 0 Å². The fourth-order valence-electron chi connectivity index (χ4n) is 4.10. The molecule has 0 fully saturated rings. The Morgan fingerprint density at radius 3 is 2.40 bits per heavy atom. The van der Waals surface area contributed by atoms with Gasteiger partial charge in [0.05, 0.1) is 16.3 Å². The summed E-state index contributed by atoms with van der Waals surface area (Å²) < 4.78 is 1.18. The molecule has 1 aliphatic rings. The van der Waals surface area contributed by atoms with Crippen LogP contribution in [0.3, 0.4) is 0 Å². The van der Waals surface area contributed by atoms with Crippen LogP contribution < -0.4 is 4.90 Å². The summed E-state index contributed by atoms with van der Waals surface area (Å²) in [4.78, 5) is 21.1. The molecule has 4 heteroatoms. The molecule has 0 radical (unpaired) electrons. The highest BCUT2D eigenvalue weighted by Crippen LogP contribution is 2.42. The van der Waals surface area contributed by atoms with Gasteiger partial charge in [-0.05, 0) is 37.1 Å². The maximum Gasteiger partial charge on any atom is 0.251 e. The number of aliphatic imine (C=N–C) groups is 1. The van der Waals surface area contributed by atoms with Gasteiger partial charge in [-0.1, -0.05) is 66.7 Å². The second kappa shape index (κ2) is 7.54. The minimum absolute atomic E-state index is 0.0523. The Balaban J connectivity index is 1.74. The predicted molar refractivity (Wildman–Crippen MR) is 127 cm³/mol. The van der Waals surface area contributed by atoms with Crippen LogP contribution in [-0.4, -0.2) is 24.2 Å². The van der Waals surface area contributed by atoms with Crippen LogP contribution in [0.1, 0.15) is 24.3 Å². The van der Waals surface area contributed by atoms with Gasteiger partial charge in [-0.3, -0.25) is 9.79 Å². The monoisotopic (exact) mass is 410 g/mol. The molecule has 0 aliphatic carbocycles. The number of carbonyl (C=O) groups is 1. The summed E-state index contributed by atoms with van der Waals surface area (Å²) in [5.74, 6) is 0.0523. The minimum Gasteiger partial charge on any atom is -0.309 e. The minimum atomic E-state index is -0.418. The SMILES string of the molecule is CCN1C(=O)C(C)N=C(c2cccc(-c3ccccc3)c2)c2sc3ccccc3c21. The normalized spacial score (nSPS) is 16.3. The van der Waals surface area contributed by atoms with Crippen molar-refractivity contribution in [2.24, 2.45) is 4.99 Å². The Labute approximate surface area is 180 Å². The number of nitrogens with zero attached hydrogens (tertiary/aromatic N) is 2. The zero-order valence-corrected chi connectivity index (χ0v) is 17.8. The number of likely N-dealkylation sites (N-methyl/N-ethyl adjacent to an activating group) is 1. The quantitative estimate of drug-likeness (QED) is 0.398. The average molecular weight is 411 g/mol. The summed E-state index contributed by atoms with van der Waals surface area (Å²) >= 11 is 1.72. The van der Waals surface area contributed by atoms with E-state index >= 15 is 0 Å². The van der Waals surface area contributed by atoms with Gasteiger partial charge in [0, 0.05) is 22.2 Å². The van der Waals surface area contributed by atoms with E-state index < -0.39 is 6.04 Å². The summed E-state index contributed by atoms with van der Waals surface area (Å²) in [5.41, 5.74) is 5.26. The number of anilines is 1. The van der Waals surface area contributed by atoms with E-state index in [0.29, 0.717) is 6.54 Å². The van der Waals surface area contributed by atoms with E-state index in [4.69, 9.17) is 4.99 Å². The predicted octanol–water partition coefficient (Wildman–Crippen LogP) is 6.16. The van der Waals surface area contributed by atoms with Crippen LogP contribution in [0.4, 0.5) is 5.69 Å². The molecule has 1 aliphatic heterocycles. The van der Waals surface area contributed by atoms with Gasteiger partial charge < -0.3 is 4.90 Å². The molecule has 1 atom stereocenters. The molecule has 0 bridgehead atoms. The number of rotatable bonds is 3. The van der Waals surface area contributed by atoms with E-state index in [0.717, 1.165) is 32.8 Å². The van der Waals surface area contributed by atoms with Crippen molar-refractivity contribution in [3.05, 3.63) is 89.3 Å². The number of carbonyl (C=O) groups excluding carboxylic acids is 1. The van der Waals surface area contributed by atoms with Crippen LogP contribution in [0.2, 0.25) is 0 Å². The Morgan fingerprint density at radius 2 is 1.60 bits per heavy atom. The van der Waals surface area contributed by atoms with Crippen molar-refractivity contribution >= 4 is 38.7 Å². The molecule has 3 aromatic carbocycles. The number of amides is 1. The lowest BCUT2D eigenvalue weighted by Crippen LogP contribution is -2.36. The zero-order valence-electron chi connectivity index (χ0n) is 17.0. The third kappa shape index (κ3) is 3.04. The largest absolute Gasteiger partial charge is 0.309 e. The topological polar surface area (TPSA) is 32.7 Å². The highest BCUT2D eigenvalue weighted by atomic mass is 32.1. The summed E-state index contributed by atoms with van der Waals surface area (Å²) in [6, 6.07) is 26.7. The van der Waals surface area contributed by atoms with E-state index in [1.807, 2.05) is 36.9 Å². The number of hydrogen-bond donors (Lipinski definition) is 0. The molecule has 0 saturated carbocycles. The van der Waals surface area contributed by atoms with Crippen LogP contribution in [0.5, 0.6) is 0 Å². The van der Waals surface area contributed by atoms with E-state index in [2.05, 4.69) is 60.7 Å².